The van der Waals surface area contributed by atoms with Crippen molar-refractivity contribution >= 4 is 35.1 Å². The van der Waals surface area contributed by atoms with Crippen LogP contribution >= 0.6 is 7.95 Å². The highest BCUT2D eigenvalue weighted by Crippen LogP contribution is 2.44. The summed E-state index contributed by atoms with van der Waals surface area (Å²) < 4.78 is 17.9. The molecule has 3 heterocycles. The van der Waals surface area contributed by atoms with Crippen molar-refractivity contribution in [3.8, 4) is 17.1 Å². The van der Waals surface area contributed by atoms with Crippen LogP contribution in [0.3, 0.4) is 0 Å². The van der Waals surface area contributed by atoms with Crippen molar-refractivity contribution < 1.29 is 4.57 Å². The van der Waals surface area contributed by atoms with Crippen molar-refractivity contribution in [1.29, 1.82) is 0 Å². The van der Waals surface area contributed by atoms with Gasteiger partial charge in [0.1, 0.15) is 0 Å². The Balaban J connectivity index is 1.88. The lowest BCUT2D eigenvalue weighted by molar-refractivity contribution is 0.589. The van der Waals surface area contributed by atoms with Crippen LogP contribution in [0.5, 0.6) is 0 Å². The van der Waals surface area contributed by atoms with Gasteiger partial charge in [0.2, 0.25) is 0 Å². The number of para-hydroxylation sites is 3. The molecule has 26 heavy (non-hydrogen) atoms. The van der Waals surface area contributed by atoms with E-state index in [4.69, 9.17) is 0 Å². The summed E-state index contributed by atoms with van der Waals surface area (Å²) in [7, 11) is -2.18. The van der Waals surface area contributed by atoms with Crippen LogP contribution in [-0.2, 0) is 4.57 Å². The second kappa shape index (κ2) is 5.00. The molecule has 0 radical (unpaired) electrons. The quantitative estimate of drug-likeness (QED) is 0.344. The smallest absolute Gasteiger partial charge is 0.196 e. The molecule has 1 atom stereocenters. The Morgan fingerprint density at radius 2 is 1.27 bits per heavy atom. The van der Waals surface area contributed by atoms with Gasteiger partial charge >= 0.3 is 0 Å². The van der Waals surface area contributed by atoms with Crippen LogP contribution in [0.15, 0.2) is 84.9 Å². The van der Waals surface area contributed by atoms with Gasteiger partial charge in [-0.05, 0) is 36.4 Å². The summed E-state index contributed by atoms with van der Waals surface area (Å²) in [6.45, 7) is 0. The number of hydrogen-bond donors (Lipinski definition) is 0. The van der Waals surface area contributed by atoms with Crippen molar-refractivity contribution in [3.63, 3.8) is 0 Å². The van der Waals surface area contributed by atoms with Gasteiger partial charge in [-0.15, -0.1) is 0 Å². The highest BCUT2D eigenvalue weighted by molar-refractivity contribution is 7.52. The molecule has 0 amide bonds. The van der Waals surface area contributed by atoms with Crippen molar-refractivity contribution in [2.45, 2.75) is 0 Å². The molecule has 3 aromatic carbocycles. The highest BCUT2D eigenvalue weighted by Gasteiger charge is 2.26. The van der Waals surface area contributed by atoms with E-state index in [0.717, 1.165) is 38.8 Å². The van der Waals surface area contributed by atoms with Gasteiger partial charge in [0.25, 0.3) is 0 Å². The third-order valence-corrected chi connectivity index (χ3v) is 7.03. The first-order valence-electron chi connectivity index (χ1n) is 8.68. The summed E-state index contributed by atoms with van der Waals surface area (Å²) in [5.41, 5.74) is 5.29. The SMILES string of the molecule is O=[PH]1c2ccccc2-n2c(cc3ccccc32)-c2cc3ccccc3n21. The molecule has 6 rings (SSSR count). The molecule has 3 nitrogen and oxygen atoms in total. The summed E-state index contributed by atoms with van der Waals surface area (Å²) in [6.07, 6.45) is 0. The summed E-state index contributed by atoms with van der Waals surface area (Å²) in [6, 6.07) is 29.0. The second-order valence-electron chi connectivity index (χ2n) is 6.67. The highest BCUT2D eigenvalue weighted by atomic mass is 31.1. The van der Waals surface area contributed by atoms with Crippen molar-refractivity contribution in [1.82, 2.24) is 8.90 Å². The molecule has 0 saturated carbocycles. The third-order valence-electron chi connectivity index (χ3n) is 5.26. The standard InChI is InChI=1S/C22H15N2OP/c25-26-22-12-6-5-11-19(22)23-17-9-3-1-7-15(17)13-20(23)21-14-16-8-2-4-10-18(16)24(21)26/h1-14,26H. The number of nitrogens with zero attached hydrogens (tertiary/aromatic N) is 2. The molecular weight excluding hydrogens is 339 g/mol. The molecule has 0 saturated heterocycles. The number of rotatable bonds is 0. The largest absolute Gasteiger partial charge is 0.307 e. The lowest BCUT2D eigenvalue weighted by atomic mass is 10.2. The first kappa shape index (κ1) is 14.2. The molecule has 0 aliphatic carbocycles. The molecule has 0 N–H and O–H groups in total. The first-order valence-corrected chi connectivity index (χ1v) is 10.0. The Morgan fingerprint density at radius 1 is 0.654 bits per heavy atom. The summed E-state index contributed by atoms with van der Waals surface area (Å²) in [5, 5.41) is 3.22. The molecular formula is C22H15N2OP. The predicted octanol–water partition coefficient (Wildman–Crippen LogP) is 5.21. The molecule has 124 valence electrons. The minimum Gasteiger partial charge on any atom is -0.307 e. The normalized spacial score (nSPS) is 15.5. The molecule has 4 heteroatoms. The second-order valence-corrected chi connectivity index (χ2v) is 8.27. The molecule has 1 aliphatic heterocycles. The minimum absolute atomic E-state index is 0.903. The van der Waals surface area contributed by atoms with E-state index in [1.165, 1.54) is 5.39 Å². The van der Waals surface area contributed by atoms with E-state index in [1.54, 1.807) is 0 Å². The average Bonchev–Trinajstić information content (AvgIpc) is 3.23. The van der Waals surface area contributed by atoms with Crippen LogP contribution in [0, 0.1) is 0 Å². The van der Waals surface area contributed by atoms with Gasteiger partial charge in [-0.3, -0.25) is 8.90 Å². The van der Waals surface area contributed by atoms with Crippen LogP contribution in [-0.4, -0.2) is 8.90 Å². The van der Waals surface area contributed by atoms with E-state index >= 15 is 0 Å². The zero-order chi connectivity index (χ0) is 17.3. The van der Waals surface area contributed by atoms with Crippen molar-refractivity contribution in [2.24, 2.45) is 0 Å². The van der Waals surface area contributed by atoms with E-state index in [-0.39, 0.29) is 0 Å². The first-order chi connectivity index (χ1) is 12.8. The zero-order valence-corrected chi connectivity index (χ0v) is 14.9. The van der Waals surface area contributed by atoms with Crippen LogP contribution in [0.25, 0.3) is 38.9 Å². The summed E-state index contributed by atoms with van der Waals surface area (Å²) in [5.74, 6) is 0. The fourth-order valence-electron chi connectivity index (χ4n) is 4.13. The zero-order valence-electron chi connectivity index (χ0n) is 13.9. The van der Waals surface area contributed by atoms with Gasteiger partial charge in [0, 0.05) is 10.8 Å². The minimum atomic E-state index is -2.18. The number of fused-ring (bicyclic) bond motifs is 9. The van der Waals surface area contributed by atoms with Gasteiger partial charge in [-0.1, -0.05) is 48.5 Å². The lowest BCUT2D eigenvalue weighted by Crippen LogP contribution is -2.08. The summed E-state index contributed by atoms with van der Waals surface area (Å²) >= 11 is 0. The maximum atomic E-state index is 13.6. The van der Waals surface area contributed by atoms with Gasteiger partial charge in [0.05, 0.1) is 33.4 Å². The maximum absolute atomic E-state index is 13.6. The summed E-state index contributed by atoms with van der Waals surface area (Å²) in [4.78, 5) is 0. The molecule has 5 aromatic rings. The van der Waals surface area contributed by atoms with Crippen LogP contribution in [0.2, 0.25) is 0 Å². The molecule has 0 bridgehead atoms. The Bertz CT molecular complexity index is 1360. The van der Waals surface area contributed by atoms with Crippen LogP contribution < -0.4 is 5.30 Å². The molecule has 0 spiro atoms. The van der Waals surface area contributed by atoms with Gasteiger partial charge in [0.15, 0.2) is 7.95 Å². The Morgan fingerprint density at radius 3 is 2.12 bits per heavy atom. The van der Waals surface area contributed by atoms with E-state index < -0.39 is 7.95 Å². The third kappa shape index (κ3) is 1.71. The Hall–Kier alpha value is -3.03. The fourth-order valence-corrected chi connectivity index (χ4v) is 5.85. The molecule has 1 unspecified atom stereocenters. The molecule has 2 aromatic heterocycles. The average molecular weight is 354 g/mol. The maximum Gasteiger partial charge on any atom is 0.196 e. The van der Waals surface area contributed by atoms with Gasteiger partial charge in [-0.25, -0.2) is 0 Å². The number of aromatic nitrogens is 2. The molecule has 0 fully saturated rings. The van der Waals surface area contributed by atoms with Crippen LogP contribution in [0.4, 0.5) is 0 Å². The van der Waals surface area contributed by atoms with E-state index in [1.807, 2.05) is 34.7 Å². The van der Waals surface area contributed by atoms with E-state index in [0.29, 0.717) is 0 Å². The van der Waals surface area contributed by atoms with Crippen molar-refractivity contribution in [2.75, 3.05) is 0 Å². The Labute approximate surface area is 151 Å². The number of benzene rings is 3. The van der Waals surface area contributed by atoms with Gasteiger partial charge in [-0.2, -0.15) is 0 Å². The topological polar surface area (TPSA) is 26.9 Å². The molecule has 1 aliphatic rings. The van der Waals surface area contributed by atoms with E-state index in [9.17, 15) is 4.57 Å². The van der Waals surface area contributed by atoms with Crippen LogP contribution in [0.1, 0.15) is 0 Å². The number of hydrogen-bond acceptors (Lipinski definition) is 1. The van der Waals surface area contributed by atoms with Gasteiger partial charge < -0.3 is 4.57 Å². The van der Waals surface area contributed by atoms with E-state index in [2.05, 4.69) is 59.2 Å². The van der Waals surface area contributed by atoms with Crippen molar-refractivity contribution in [3.05, 3.63) is 84.9 Å². The predicted molar refractivity (Wildman–Crippen MR) is 108 cm³/mol. The fraction of sp³-hybridized carbons (Fsp3) is 0. The lowest BCUT2D eigenvalue weighted by Gasteiger charge is -2.11. The Kier molecular flexibility index (Phi) is 2.72. The monoisotopic (exact) mass is 354 g/mol.